The van der Waals surface area contributed by atoms with Gasteiger partial charge < -0.3 is 4.90 Å². The van der Waals surface area contributed by atoms with Gasteiger partial charge in [-0.2, -0.15) is 0 Å². The van der Waals surface area contributed by atoms with Crippen LogP contribution in [-0.4, -0.2) is 11.5 Å². The third-order valence-corrected chi connectivity index (χ3v) is 3.90. The lowest BCUT2D eigenvalue weighted by molar-refractivity contribution is 0.619. The first-order valence-electron chi connectivity index (χ1n) is 6.27. The molecule has 0 N–H and O–H groups in total. The zero-order valence-corrected chi connectivity index (χ0v) is 11.4. The Bertz CT molecular complexity index is 628. The summed E-state index contributed by atoms with van der Waals surface area (Å²) in [5.74, 6) is -0.327. The second-order valence-electron chi connectivity index (χ2n) is 4.87. The highest BCUT2D eigenvalue weighted by Gasteiger charge is 2.19. The summed E-state index contributed by atoms with van der Waals surface area (Å²) in [5, 5.41) is 0.198. The first kappa shape index (κ1) is 12.4. The van der Waals surface area contributed by atoms with Crippen molar-refractivity contribution < 1.29 is 4.39 Å². The van der Waals surface area contributed by atoms with Crippen LogP contribution in [0.25, 0.3) is 0 Å². The third kappa shape index (κ3) is 2.30. The van der Waals surface area contributed by atoms with E-state index in [4.69, 9.17) is 11.6 Å². The molecule has 0 spiro atoms. The number of aryl methyl sites for hydroxylation is 1. The van der Waals surface area contributed by atoms with Gasteiger partial charge >= 0.3 is 0 Å². The second kappa shape index (κ2) is 4.82. The van der Waals surface area contributed by atoms with E-state index in [0.29, 0.717) is 0 Å². The SMILES string of the molecule is Cc1ccncc1N1CCc2cc(F)c(Cl)cc2C1. The van der Waals surface area contributed by atoms with Crippen molar-refractivity contribution in [3.05, 3.63) is 58.1 Å². The van der Waals surface area contributed by atoms with E-state index < -0.39 is 0 Å². The number of hydrogen-bond donors (Lipinski definition) is 0. The Balaban J connectivity index is 1.94. The van der Waals surface area contributed by atoms with Crippen LogP contribution in [0.4, 0.5) is 10.1 Å². The monoisotopic (exact) mass is 276 g/mol. The predicted molar refractivity (Wildman–Crippen MR) is 75.1 cm³/mol. The molecule has 0 saturated heterocycles. The van der Waals surface area contributed by atoms with E-state index in [1.165, 1.54) is 5.56 Å². The number of nitrogens with zero attached hydrogens (tertiary/aromatic N) is 2. The van der Waals surface area contributed by atoms with Gasteiger partial charge in [-0.3, -0.25) is 4.98 Å². The van der Waals surface area contributed by atoms with Crippen LogP contribution in [0.5, 0.6) is 0 Å². The molecule has 19 heavy (non-hydrogen) atoms. The highest BCUT2D eigenvalue weighted by Crippen LogP contribution is 2.29. The molecule has 98 valence electrons. The van der Waals surface area contributed by atoms with Crippen LogP contribution in [0.15, 0.2) is 30.6 Å². The van der Waals surface area contributed by atoms with Gasteiger partial charge in [0.05, 0.1) is 16.9 Å². The molecule has 2 heterocycles. The number of fused-ring (bicyclic) bond motifs is 1. The Kier molecular flexibility index (Phi) is 3.15. The third-order valence-electron chi connectivity index (χ3n) is 3.61. The lowest BCUT2D eigenvalue weighted by Gasteiger charge is -2.31. The van der Waals surface area contributed by atoms with Crippen LogP contribution in [-0.2, 0) is 13.0 Å². The van der Waals surface area contributed by atoms with E-state index in [2.05, 4.69) is 16.8 Å². The Labute approximate surface area is 116 Å². The molecule has 0 radical (unpaired) electrons. The summed E-state index contributed by atoms with van der Waals surface area (Å²) in [5.41, 5.74) is 4.49. The minimum Gasteiger partial charge on any atom is -0.365 e. The molecule has 0 amide bonds. The van der Waals surface area contributed by atoms with Gasteiger partial charge in [0.2, 0.25) is 0 Å². The standard InChI is InChI=1S/C15H14ClFN2/c1-10-2-4-18-8-15(10)19-5-3-11-7-14(17)13(16)6-12(11)9-19/h2,4,6-8H,3,5,9H2,1H3. The number of pyridine rings is 1. The number of aromatic nitrogens is 1. The number of anilines is 1. The van der Waals surface area contributed by atoms with Crippen LogP contribution in [0, 0.1) is 12.7 Å². The molecule has 0 unspecified atom stereocenters. The summed E-state index contributed by atoms with van der Waals surface area (Å²) >= 11 is 5.86. The van der Waals surface area contributed by atoms with Crippen LogP contribution in [0.1, 0.15) is 16.7 Å². The lowest BCUT2D eigenvalue weighted by atomic mass is 9.99. The summed E-state index contributed by atoms with van der Waals surface area (Å²) in [7, 11) is 0. The van der Waals surface area contributed by atoms with Gasteiger partial charge in [0.15, 0.2) is 0 Å². The Morgan fingerprint density at radius 3 is 2.95 bits per heavy atom. The van der Waals surface area contributed by atoms with E-state index >= 15 is 0 Å². The molecule has 2 nitrogen and oxygen atoms in total. The Morgan fingerprint density at radius 1 is 1.32 bits per heavy atom. The van der Waals surface area contributed by atoms with Crippen LogP contribution in [0.2, 0.25) is 5.02 Å². The summed E-state index contributed by atoms with van der Waals surface area (Å²) < 4.78 is 13.4. The van der Waals surface area contributed by atoms with Gasteiger partial charge in [0, 0.05) is 19.3 Å². The lowest BCUT2D eigenvalue weighted by Crippen LogP contribution is -2.31. The summed E-state index contributed by atoms with van der Waals surface area (Å²) in [6.07, 6.45) is 4.51. The van der Waals surface area contributed by atoms with Crippen LogP contribution in [0.3, 0.4) is 0 Å². The van der Waals surface area contributed by atoms with Crippen molar-refractivity contribution >= 4 is 17.3 Å². The number of hydrogen-bond acceptors (Lipinski definition) is 2. The normalized spacial score (nSPS) is 14.4. The highest BCUT2D eigenvalue weighted by atomic mass is 35.5. The topological polar surface area (TPSA) is 16.1 Å². The fourth-order valence-electron chi connectivity index (χ4n) is 2.54. The predicted octanol–water partition coefficient (Wildman–Crippen LogP) is 3.75. The first-order chi connectivity index (χ1) is 9.15. The van der Waals surface area contributed by atoms with E-state index in [1.54, 1.807) is 18.3 Å². The molecular formula is C15H14ClFN2. The molecular weight excluding hydrogens is 263 g/mol. The fraction of sp³-hybridized carbons (Fsp3) is 0.267. The maximum absolute atomic E-state index is 13.4. The second-order valence-corrected chi connectivity index (χ2v) is 5.28. The van der Waals surface area contributed by atoms with Crippen molar-refractivity contribution in [1.29, 1.82) is 0 Å². The van der Waals surface area contributed by atoms with Crippen molar-refractivity contribution in [1.82, 2.24) is 4.98 Å². The zero-order valence-electron chi connectivity index (χ0n) is 10.7. The maximum Gasteiger partial charge on any atom is 0.142 e. The average molecular weight is 277 g/mol. The summed E-state index contributed by atoms with van der Waals surface area (Å²) in [4.78, 5) is 6.44. The Morgan fingerprint density at radius 2 is 2.16 bits per heavy atom. The summed E-state index contributed by atoms with van der Waals surface area (Å²) in [6.45, 7) is 3.70. The first-order valence-corrected chi connectivity index (χ1v) is 6.65. The van der Waals surface area contributed by atoms with Gasteiger partial charge in [0.25, 0.3) is 0 Å². The van der Waals surface area contributed by atoms with Crippen LogP contribution < -0.4 is 4.90 Å². The number of rotatable bonds is 1. The Hall–Kier alpha value is -1.61. The highest BCUT2D eigenvalue weighted by molar-refractivity contribution is 6.30. The molecule has 2 aromatic rings. The molecule has 3 rings (SSSR count). The number of benzene rings is 1. The van der Waals surface area contributed by atoms with Crippen molar-refractivity contribution in [3.63, 3.8) is 0 Å². The minimum atomic E-state index is -0.327. The van der Waals surface area contributed by atoms with Gasteiger partial charge in [-0.25, -0.2) is 4.39 Å². The fourth-order valence-corrected chi connectivity index (χ4v) is 2.73. The van der Waals surface area contributed by atoms with Gasteiger partial charge in [-0.05, 0) is 48.2 Å². The van der Waals surface area contributed by atoms with Crippen molar-refractivity contribution in [2.75, 3.05) is 11.4 Å². The van der Waals surface area contributed by atoms with Gasteiger partial charge in [-0.15, -0.1) is 0 Å². The molecule has 0 fully saturated rings. The molecule has 1 aliphatic heterocycles. The smallest absolute Gasteiger partial charge is 0.142 e. The van der Waals surface area contributed by atoms with E-state index in [9.17, 15) is 4.39 Å². The van der Waals surface area contributed by atoms with Gasteiger partial charge in [-0.1, -0.05) is 11.6 Å². The van der Waals surface area contributed by atoms with E-state index in [1.807, 2.05) is 12.3 Å². The van der Waals surface area contributed by atoms with Gasteiger partial charge in [0.1, 0.15) is 5.82 Å². The molecule has 4 heteroatoms. The molecule has 0 bridgehead atoms. The zero-order chi connectivity index (χ0) is 13.4. The van der Waals surface area contributed by atoms with Crippen molar-refractivity contribution in [3.8, 4) is 0 Å². The molecule has 0 saturated carbocycles. The molecule has 1 aliphatic rings. The van der Waals surface area contributed by atoms with Crippen molar-refractivity contribution in [2.24, 2.45) is 0 Å². The average Bonchev–Trinajstić information content (AvgIpc) is 2.40. The minimum absolute atomic E-state index is 0.198. The molecule has 0 atom stereocenters. The van der Waals surface area contributed by atoms with Crippen LogP contribution >= 0.6 is 11.6 Å². The molecule has 1 aromatic carbocycles. The quantitative estimate of drug-likeness (QED) is 0.789. The largest absolute Gasteiger partial charge is 0.365 e. The number of halogens is 2. The molecule has 1 aromatic heterocycles. The molecule has 0 aliphatic carbocycles. The van der Waals surface area contributed by atoms with Crippen molar-refractivity contribution in [2.45, 2.75) is 19.9 Å². The summed E-state index contributed by atoms with van der Waals surface area (Å²) in [6, 6.07) is 5.30. The van der Waals surface area contributed by atoms with E-state index in [0.717, 1.165) is 36.3 Å². The maximum atomic E-state index is 13.4. The van der Waals surface area contributed by atoms with E-state index in [-0.39, 0.29) is 10.8 Å².